The Hall–Kier alpha value is -0.200. The average molecular weight is 348 g/mol. The largest absolute Gasteiger partial charge is 0.446 e. The van der Waals surface area contributed by atoms with Crippen molar-refractivity contribution in [2.24, 2.45) is 0 Å². The van der Waals surface area contributed by atoms with E-state index in [0.29, 0.717) is 10.0 Å². The van der Waals surface area contributed by atoms with Gasteiger partial charge in [0.1, 0.15) is 5.38 Å². The molecule has 0 saturated carbocycles. The van der Waals surface area contributed by atoms with Crippen LogP contribution in [0.4, 0.5) is 13.2 Å². The Kier molecular flexibility index (Phi) is 4.92. The first-order valence-corrected chi connectivity index (χ1v) is 6.45. The van der Waals surface area contributed by atoms with Crippen molar-refractivity contribution in [3.05, 3.63) is 28.2 Å². The summed E-state index contributed by atoms with van der Waals surface area (Å²) in [4.78, 5) is 11.1. The molecule has 94 valence electrons. The Morgan fingerprint density at radius 2 is 2.06 bits per heavy atom. The molecule has 0 saturated heterocycles. The van der Waals surface area contributed by atoms with Crippen LogP contribution in [0.25, 0.3) is 0 Å². The second-order valence-corrected chi connectivity index (χ2v) is 5.63. The lowest BCUT2D eigenvalue weighted by Gasteiger charge is -2.11. The summed E-state index contributed by atoms with van der Waals surface area (Å²) in [6, 6.07) is 4.00. The molecular formula is C10H7BrClF3OS. The number of rotatable bonds is 3. The SMILES string of the molecule is CC(=O)C(Cl)c1ccc(SC(F)(F)F)cc1Br. The quantitative estimate of drug-likeness (QED) is 0.569. The van der Waals surface area contributed by atoms with E-state index in [-0.39, 0.29) is 22.4 Å². The van der Waals surface area contributed by atoms with Gasteiger partial charge in [-0.2, -0.15) is 13.2 Å². The number of carbonyl (C=O) groups is 1. The van der Waals surface area contributed by atoms with Gasteiger partial charge in [0.05, 0.1) is 0 Å². The molecule has 1 unspecified atom stereocenters. The molecule has 0 heterocycles. The molecule has 0 aliphatic carbocycles. The van der Waals surface area contributed by atoms with Crippen LogP contribution < -0.4 is 0 Å². The van der Waals surface area contributed by atoms with Crippen LogP contribution in [0.3, 0.4) is 0 Å². The highest BCUT2D eigenvalue weighted by molar-refractivity contribution is 9.10. The van der Waals surface area contributed by atoms with Crippen LogP contribution in [0.2, 0.25) is 0 Å². The highest BCUT2D eigenvalue weighted by Gasteiger charge is 2.29. The van der Waals surface area contributed by atoms with Crippen molar-refractivity contribution >= 4 is 45.1 Å². The fourth-order valence-corrected chi connectivity index (χ4v) is 2.79. The Morgan fingerprint density at radius 1 is 1.47 bits per heavy atom. The number of ketones is 1. The van der Waals surface area contributed by atoms with E-state index in [0.717, 1.165) is 0 Å². The van der Waals surface area contributed by atoms with Crippen molar-refractivity contribution in [2.75, 3.05) is 0 Å². The number of hydrogen-bond acceptors (Lipinski definition) is 2. The van der Waals surface area contributed by atoms with E-state index in [1.807, 2.05) is 0 Å². The number of alkyl halides is 4. The number of hydrogen-bond donors (Lipinski definition) is 0. The minimum atomic E-state index is -4.33. The molecule has 0 aromatic heterocycles. The van der Waals surface area contributed by atoms with Crippen LogP contribution in [0.5, 0.6) is 0 Å². The van der Waals surface area contributed by atoms with Crippen LogP contribution in [0.15, 0.2) is 27.6 Å². The van der Waals surface area contributed by atoms with Gasteiger partial charge in [0.15, 0.2) is 5.78 Å². The lowest BCUT2D eigenvalue weighted by molar-refractivity contribution is -0.116. The third-order valence-electron chi connectivity index (χ3n) is 1.84. The number of thioether (sulfide) groups is 1. The topological polar surface area (TPSA) is 17.1 Å². The molecular weight excluding hydrogens is 341 g/mol. The van der Waals surface area contributed by atoms with Gasteiger partial charge in [-0.15, -0.1) is 11.6 Å². The van der Waals surface area contributed by atoms with E-state index in [9.17, 15) is 18.0 Å². The van der Waals surface area contributed by atoms with Gasteiger partial charge < -0.3 is 0 Å². The van der Waals surface area contributed by atoms with Crippen molar-refractivity contribution in [2.45, 2.75) is 22.7 Å². The van der Waals surface area contributed by atoms with Crippen LogP contribution in [0, 0.1) is 0 Å². The molecule has 0 fully saturated rings. The zero-order valence-corrected chi connectivity index (χ0v) is 11.7. The Labute approximate surface area is 114 Å². The third-order valence-corrected chi connectivity index (χ3v) is 3.79. The molecule has 0 aliphatic heterocycles. The smallest absolute Gasteiger partial charge is 0.298 e. The molecule has 0 amide bonds. The Morgan fingerprint density at radius 3 is 2.47 bits per heavy atom. The monoisotopic (exact) mass is 346 g/mol. The van der Waals surface area contributed by atoms with Gasteiger partial charge in [-0.05, 0) is 36.4 Å². The van der Waals surface area contributed by atoms with Crippen LogP contribution >= 0.6 is 39.3 Å². The second-order valence-electron chi connectivity index (χ2n) is 3.20. The Balaban J connectivity index is 2.98. The van der Waals surface area contributed by atoms with Crippen molar-refractivity contribution in [1.82, 2.24) is 0 Å². The molecule has 0 N–H and O–H groups in total. The van der Waals surface area contributed by atoms with E-state index in [1.54, 1.807) is 0 Å². The minimum Gasteiger partial charge on any atom is -0.298 e. The third kappa shape index (κ3) is 4.52. The first kappa shape index (κ1) is 14.9. The summed E-state index contributed by atoms with van der Waals surface area (Å²) < 4.78 is 36.8. The normalized spacial score (nSPS) is 13.5. The Bertz CT molecular complexity index is 436. The summed E-state index contributed by atoms with van der Waals surface area (Å²) in [7, 11) is 0. The first-order chi connectivity index (χ1) is 7.70. The summed E-state index contributed by atoms with van der Waals surface area (Å²) in [5.41, 5.74) is -3.87. The molecule has 1 aromatic rings. The van der Waals surface area contributed by atoms with E-state index in [2.05, 4.69) is 15.9 Å². The first-order valence-electron chi connectivity index (χ1n) is 4.40. The molecule has 1 nitrogen and oxygen atoms in total. The van der Waals surface area contributed by atoms with E-state index in [4.69, 9.17) is 11.6 Å². The van der Waals surface area contributed by atoms with Gasteiger partial charge in [-0.25, -0.2) is 0 Å². The lowest BCUT2D eigenvalue weighted by atomic mass is 10.1. The van der Waals surface area contributed by atoms with Crippen molar-refractivity contribution in [1.29, 1.82) is 0 Å². The summed E-state index contributed by atoms with van der Waals surface area (Å²) in [6.45, 7) is 1.32. The highest BCUT2D eigenvalue weighted by atomic mass is 79.9. The van der Waals surface area contributed by atoms with Gasteiger partial charge in [0.2, 0.25) is 0 Å². The van der Waals surface area contributed by atoms with Crippen LogP contribution in [-0.4, -0.2) is 11.3 Å². The fraction of sp³-hybridized carbons (Fsp3) is 0.300. The number of halogens is 5. The number of benzene rings is 1. The summed E-state index contributed by atoms with van der Waals surface area (Å²) in [5.74, 6) is -0.261. The summed E-state index contributed by atoms with van der Waals surface area (Å²) in [6.07, 6.45) is 0. The molecule has 1 rings (SSSR count). The molecule has 1 aromatic carbocycles. The predicted molar refractivity (Wildman–Crippen MR) is 65.3 cm³/mol. The van der Waals surface area contributed by atoms with Gasteiger partial charge in [-0.1, -0.05) is 22.0 Å². The number of Topliss-reactive ketones (excluding diaryl/α,β-unsaturated/α-hetero) is 1. The molecule has 0 bridgehead atoms. The highest BCUT2D eigenvalue weighted by Crippen LogP contribution is 2.39. The maximum atomic E-state index is 12.1. The van der Waals surface area contributed by atoms with E-state index < -0.39 is 10.9 Å². The van der Waals surface area contributed by atoms with Crippen molar-refractivity contribution in [3.63, 3.8) is 0 Å². The maximum Gasteiger partial charge on any atom is 0.446 e. The average Bonchev–Trinajstić information content (AvgIpc) is 2.14. The second kappa shape index (κ2) is 5.63. The molecule has 0 aliphatic rings. The predicted octanol–water partition coefficient (Wildman–Crippen LogP) is 4.93. The molecule has 17 heavy (non-hydrogen) atoms. The van der Waals surface area contributed by atoms with Gasteiger partial charge >= 0.3 is 5.51 Å². The van der Waals surface area contributed by atoms with Gasteiger partial charge in [0.25, 0.3) is 0 Å². The zero-order chi connectivity index (χ0) is 13.2. The summed E-state index contributed by atoms with van der Waals surface area (Å²) in [5, 5.41) is -0.852. The van der Waals surface area contributed by atoms with Gasteiger partial charge in [0, 0.05) is 9.37 Å². The van der Waals surface area contributed by atoms with E-state index >= 15 is 0 Å². The minimum absolute atomic E-state index is 0.0422. The van der Waals surface area contributed by atoms with Gasteiger partial charge in [-0.3, -0.25) is 4.79 Å². The van der Waals surface area contributed by atoms with Crippen molar-refractivity contribution in [3.8, 4) is 0 Å². The van der Waals surface area contributed by atoms with E-state index in [1.165, 1.54) is 25.1 Å². The lowest BCUT2D eigenvalue weighted by Crippen LogP contribution is -2.03. The zero-order valence-electron chi connectivity index (χ0n) is 8.52. The maximum absolute atomic E-state index is 12.1. The molecule has 7 heteroatoms. The molecule has 1 atom stereocenters. The van der Waals surface area contributed by atoms with Crippen LogP contribution in [0.1, 0.15) is 17.9 Å². The number of carbonyl (C=O) groups excluding carboxylic acids is 1. The summed E-state index contributed by atoms with van der Waals surface area (Å²) >= 11 is 8.72. The van der Waals surface area contributed by atoms with Crippen LogP contribution in [-0.2, 0) is 4.79 Å². The van der Waals surface area contributed by atoms with Crippen molar-refractivity contribution < 1.29 is 18.0 Å². The fourth-order valence-electron chi connectivity index (χ4n) is 1.13. The molecule has 0 spiro atoms. The molecule has 0 radical (unpaired) electrons. The standard InChI is InChI=1S/C10H7BrClF3OS/c1-5(16)9(12)7-3-2-6(4-8(7)11)17-10(13,14)15/h2-4,9H,1H3.